The molecule has 0 aliphatic carbocycles. The van der Waals surface area contributed by atoms with Gasteiger partial charge in [-0.3, -0.25) is 5.10 Å². The number of H-pyrrole nitrogens is 1. The second-order valence-electron chi connectivity index (χ2n) is 4.29. The molecule has 0 radical (unpaired) electrons. The first-order chi connectivity index (χ1) is 9.22. The SMILES string of the molecule is Fc1cccc(CN(I)c2ccc3[nH]ncc3c2)c1. The molecule has 0 atom stereocenters. The molecule has 0 saturated carbocycles. The molecule has 2 aromatic carbocycles. The predicted molar refractivity (Wildman–Crippen MR) is 82.7 cm³/mol. The van der Waals surface area contributed by atoms with Crippen molar-refractivity contribution >= 4 is 39.5 Å². The molecule has 0 amide bonds. The first kappa shape index (κ1) is 12.4. The molecule has 0 bridgehead atoms. The van der Waals surface area contributed by atoms with Gasteiger partial charge < -0.3 is 3.11 Å². The minimum Gasteiger partial charge on any atom is -0.310 e. The molecule has 0 fully saturated rings. The lowest BCUT2D eigenvalue weighted by molar-refractivity contribution is 0.625. The molecule has 0 unspecified atom stereocenters. The maximum Gasteiger partial charge on any atom is 0.123 e. The van der Waals surface area contributed by atoms with E-state index in [4.69, 9.17) is 0 Å². The van der Waals surface area contributed by atoms with Gasteiger partial charge in [0.2, 0.25) is 0 Å². The second-order valence-corrected chi connectivity index (χ2v) is 5.46. The van der Waals surface area contributed by atoms with Gasteiger partial charge in [0, 0.05) is 11.1 Å². The van der Waals surface area contributed by atoms with E-state index in [1.807, 2.05) is 18.2 Å². The van der Waals surface area contributed by atoms with Gasteiger partial charge in [0.05, 0.1) is 41.1 Å². The average molecular weight is 367 g/mol. The molecule has 1 N–H and O–H groups in total. The Labute approximate surface area is 123 Å². The van der Waals surface area contributed by atoms with E-state index in [1.165, 1.54) is 6.07 Å². The van der Waals surface area contributed by atoms with E-state index < -0.39 is 0 Å². The fourth-order valence-electron chi connectivity index (χ4n) is 1.97. The Bertz CT molecular complexity index is 710. The maximum absolute atomic E-state index is 13.2. The predicted octanol–water partition coefficient (Wildman–Crippen LogP) is 4.06. The lowest BCUT2D eigenvalue weighted by atomic mass is 10.2. The van der Waals surface area contributed by atoms with Crippen LogP contribution in [0.4, 0.5) is 10.1 Å². The van der Waals surface area contributed by atoms with Crippen LogP contribution in [0, 0.1) is 5.82 Å². The first-order valence-electron chi connectivity index (χ1n) is 5.83. The van der Waals surface area contributed by atoms with Gasteiger partial charge in [0.1, 0.15) is 5.82 Å². The topological polar surface area (TPSA) is 31.9 Å². The van der Waals surface area contributed by atoms with Crippen molar-refractivity contribution in [3.05, 3.63) is 60.0 Å². The third-order valence-electron chi connectivity index (χ3n) is 2.91. The van der Waals surface area contributed by atoms with Gasteiger partial charge in [-0.05, 0) is 35.9 Å². The molecule has 1 aromatic heterocycles. The van der Waals surface area contributed by atoms with Crippen LogP contribution in [0.2, 0.25) is 0 Å². The smallest absolute Gasteiger partial charge is 0.123 e. The number of anilines is 1. The molecule has 3 nitrogen and oxygen atoms in total. The number of fused-ring (bicyclic) bond motifs is 1. The number of rotatable bonds is 3. The summed E-state index contributed by atoms with van der Waals surface area (Å²) in [4.78, 5) is 0. The zero-order valence-electron chi connectivity index (χ0n) is 9.98. The number of nitrogens with zero attached hydrogens (tertiary/aromatic N) is 2. The largest absolute Gasteiger partial charge is 0.310 e. The van der Waals surface area contributed by atoms with E-state index in [2.05, 4.69) is 42.2 Å². The van der Waals surface area contributed by atoms with Gasteiger partial charge >= 0.3 is 0 Å². The van der Waals surface area contributed by atoms with E-state index in [0.717, 1.165) is 22.2 Å². The van der Waals surface area contributed by atoms with Crippen molar-refractivity contribution in [1.29, 1.82) is 0 Å². The molecule has 0 aliphatic heterocycles. The molecule has 19 heavy (non-hydrogen) atoms. The molecule has 96 valence electrons. The number of benzene rings is 2. The third-order valence-corrected chi connectivity index (χ3v) is 3.81. The van der Waals surface area contributed by atoms with Crippen molar-refractivity contribution in [2.75, 3.05) is 3.11 Å². The minimum atomic E-state index is -0.201. The van der Waals surface area contributed by atoms with Crippen LogP contribution in [0.15, 0.2) is 48.7 Å². The lowest BCUT2D eigenvalue weighted by Gasteiger charge is -2.16. The van der Waals surface area contributed by atoms with Crippen molar-refractivity contribution in [1.82, 2.24) is 10.2 Å². The van der Waals surface area contributed by atoms with Crippen molar-refractivity contribution in [2.45, 2.75) is 6.54 Å². The Hall–Kier alpha value is -1.63. The van der Waals surface area contributed by atoms with E-state index in [-0.39, 0.29) is 5.82 Å². The highest BCUT2D eigenvalue weighted by Crippen LogP contribution is 2.25. The monoisotopic (exact) mass is 367 g/mol. The first-order valence-corrected chi connectivity index (χ1v) is 6.80. The summed E-state index contributed by atoms with van der Waals surface area (Å²) in [7, 11) is 0. The highest BCUT2D eigenvalue weighted by atomic mass is 127. The van der Waals surface area contributed by atoms with Gasteiger partial charge in [0.25, 0.3) is 0 Å². The highest BCUT2D eigenvalue weighted by Gasteiger charge is 2.06. The molecule has 1 heterocycles. The Morgan fingerprint density at radius 3 is 2.95 bits per heavy atom. The summed E-state index contributed by atoms with van der Waals surface area (Å²) < 4.78 is 15.2. The van der Waals surface area contributed by atoms with E-state index in [9.17, 15) is 4.39 Å². The molecule has 0 aliphatic rings. The maximum atomic E-state index is 13.2. The summed E-state index contributed by atoms with van der Waals surface area (Å²) in [5.41, 5.74) is 3.03. The summed E-state index contributed by atoms with van der Waals surface area (Å²) in [5, 5.41) is 7.99. The van der Waals surface area contributed by atoms with Crippen LogP contribution in [0.3, 0.4) is 0 Å². The number of nitrogens with one attached hydrogen (secondary N) is 1. The molecule has 3 rings (SSSR count). The Kier molecular flexibility index (Phi) is 3.37. The second kappa shape index (κ2) is 5.16. The van der Waals surface area contributed by atoms with Gasteiger partial charge in [-0.25, -0.2) is 4.39 Å². The molecule has 3 aromatic rings. The normalized spacial score (nSPS) is 10.8. The third kappa shape index (κ3) is 2.70. The van der Waals surface area contributed by atoms with Crippen LogP contribution in [-0.2, 0) is 6.54 Å². The van der Waals surface area contributed by atoms with Gasteiger partial charge in [-0.15, -0.1) is 0 Å². The van der Waals surface area contributed by atoms with E-state index in [0.29, 0.717) is 6.54 Å². The summed E-state index contributed by atoms with van der Waals surface area (Å²) in [5.74, 6) is -0.201. The van der Waals surface area contributed by atoms with Crippen LogP contribution in [0.1, 0.15) is 5.56 Å². The summed E-state index contributed by atoms with van der Waals surface area (Å²) in [6.45, 7) is 0.654. The minimum absolute atomic E-state index is 0.201. The van der Waals surface area contributed by atoms with Crippen LogP contribution in [-0.4, -0.2) is 10.2 Å². The molecule has 0 saturated heterocycles. The van der Waals surface area contributed by atoms with Crippen LogP contribution < -0.4 is 3.11 Å². The van der Waals surface area contributed by atoms with Gasteiger partial charge in [-0.2, -0.15) is 5.10 Å². The van der Waals surface area contributed by atoms with Gasteiger partial charge in [-0.1, -0.05) is 12.1 Å². The van der Waals surface area contributed by atoms with Gasteiger partial charge in [0.15, 0.2) is 0 Å². The van der Waals surface area contributed by atoms with Crippen LogP contribution >= 0.6 is 22.9 Å². The van der Waals surface area contributed by atoms with E-state index in [1.54, 1.807) is 18.3 Å². The quantitative estimate of drug-likeness (QED) is 0.559. The van der Waals surface area contributed by atoms with Crippen molar-refractivity contribution in [2.24, 2.45) is 0 Å². The Morgan fingerprint density at radius 1 is 1.21 bits per heavy atom. The molecule has 5 heteroatoms. The molecular weight excluding hydrogens is 356 g/mol. The average Bonchev–Trinajstić information content (AvgIpc) is 2.85. The number of hydrogen-bond acceptors (Lipinski definition) is 2. The standard InChI is InChI=1S/C14H11FIN3/c15-12-3-1-2-10(6-12)9-19(16)13-4-5-14-11(7-13)8-17-18-14/h1-8H,9H2,(H,17,18). The zero-order chi connectivity index (χ0) is 13.2. The summed E-state index contributed by atoms with van der Waals surface area (Å²) >= 11 is 2.23. The fourth-order valence-corrected chi connectivity index (χ4v) is 2.66. The molecule has 0 spiro atoms. The highest BCUT2D eigenvalue weighted by molar-refractivity contribution is 14.1. The van der Waals surface area contributed by atoms with Crippen LogP contribution in [0.25, 0.3) is 10.9 Å². The summed E-state index contributed by atoms with van der Waals surface area (Å²) in [6, 6.07) is 12.7. The van der Waals surface area contributed by atoms with E-state index >= 15 is 0 Å². The van der Waals surface area contributed by atoms with Crippen molar-refractivity contribution < 1.29 is 4.39 Å². The zero-order valence-corrected chi connectivity index (χ0v) is 12.1. The number of aromatic nitrogens is 2. The number of aromatic amines is 1. The fraction of sp³-hybridized carbons (Fsp3) is 0.0714. The van der Waals surface area contributed by atoms with Crippen molar-refractivity contribution in [3.63, 3.8) is 0 Å². The van der Waals surface area contributed by atoms with Crippen LogP contribution in [0.5, 0.6) is 0 Å². The summed E-state index contributed by atoms with van der Waals surface area (Å²) in [6.07, 6.45) is 1.80. The molecular formula is C14H11FIN3. The lowest BCUT2D eigenvalue weighted by Crippen LogP contribution is -2.08. The van der Waals surface area contributed by atoms with Crippen molar-refractivity contribution in [3.8, 4) is 0 Å². The number of hydrogen-bond donors (Lipinski definition) is 1. The Morgan fingerprint density at radius 2 is 2.11 bits per heavy atom. The number of halogens is 2. The Balaban J connectivity index is 1.84.